The van der Waals surface area contributed by atoms with E-state index in [-0.39, 0.29) is 0 Å². The van der Waals surface area contributed by atoms with Gasteiger partial charge in [-0.05, 0) is 18.1 Å². The molecule has 1 aromatic carbocycles. The van der Waals surface area contributed by atoms with E-state index in [1.165, 1.54) is 0 Å². The molecule has 0 amide bonds. The summed E-state index contributed by atoms with van der Waals surface area (Å²) in [5, 5.41) is 0. The molecule has 1 rings (SSSR count). The third kappa shape index (κ3) is 2.45. The number of aldehydes is 1. The molecule has 16 heavy (non-hydrogen) atoms. The second-order valence-corrected chi connectivity index (χ2v) is 3.20. The van der Waals surface area contributed by atoms with Crippen molar-refractivity contribution in [3.05, 3.63) is 17.7 Å². The van der Waals surface area contributed by atoms with Crippen LogP contribution in [0.1, 0.15) is 12.0 Å². The van der Waals surface area contributed by atoms with Gasteiger partial charge in [-0.15, -0.1) is 0 Å². The molecule has 0 fully saturated rings. The Kier molecular flexibility index (Phi) is 4.64. The molecular weight excluding hydrogens is 208 g/mol. The Morgan fingerprint density at radius 2 is 1.75 bits per heavy atom. The Morgan fingerprint density at radius 1 is 1.06 bits per heavy atom. The van der Waals surface area contributed by atoms with Crippen LogP contribution < -0.4 is 14.2 Å². The first-order valence-corrected chi connectivity index (χ1v) is 5.00. The molecule has 0 saturated carbocycles. The predicted molar refractivity (Wildman–Crippen MR) is 60.5 cm³/mol. The van der Waals surface area contributed by atoms with Crippen molar-refractivity contribution in [1.82, 2.24) is 0 Å². The molecule has 0 bridgehead atoms. The first-order valence-electron chi connectivity index (χ1n) is 5.00. The van der Waals surface area contributed by atoms with Gasteiger partial charge in [-0.2, -0.15) is 0 Å². The van der Waals surface area contributed by atoms with Crippen LogP contribution in [0.5, 0.6) is 17.2 Å². The lowest BCUT2D eigenvalue weighted by molar-refractivity contribution is -0.107. The predicted octanol–water partition coefficient (Wildman–Crippen LogP) is 1.84. The quantitative estimate of drug-likeness (QED) is 0.692. The Hall–Kier alpha value is -1.71. The zero-order valence-electron chi connectivity index (χ0n) is 9.78. The second kappa shape index (κ2) is 6.00. The topological polar surface area (TPSA) is 44.8 Å². The number of hydrogen-bond acceptors (Lipinski definition) is 4. The summed E-state index contributed by atoms with van der Waals surface area (Å²) in [4.78, 5) is 10.4. The number of carbonyl (C=O) groups is 1. The largest absolute Gasteiger partial charge is 0.493 e. The summed E-state index contributed by atoms with van der Waals surface area (Å²) in [6, 6.07) is 3.69. The number of aryl methyl sites for hydroxylation is 1. The summed E-state index contributed by atoms with van der Waals surface area (Å²) in [5.74, 6) is 1.81. The van der Waals surface area contributed by atoms with Crippen LogP contribution >= 0.6 is 0 Å². The van der Waals surface area contributed by atoms with Crippen LogP contribution in [0.15, 0.2) is 12.1 Å². The van der Waals surface area contributed by atoms with E-state index in [0.717, 1.165) is 11.8 Å². The fourth-order valence-electron chi connectivity index (χ4n) is 1.57. The number of hydrogen-bond donors (Lipinski definition) is 0. The van der Waals surface area contributed by atoms with Gasteiger partial charge in [0.05, 0.1) is 21.3 Å². The van der Waals surface area contributed by atoms with Gasteiger partial charge in [-0.3, -0.25) is 0 Å². The SMILES string of the molecule is COc1ccc(CCC=O)c(OC)c1OC. The summed E-state index contributed by atoms with van der Waals surface area (Å²) in [5.41, 5.74) is 0.937. The van der Waals surface area contributed by atoms with Crippen LogP contribution in [0.25, 0.3) is 0 Å². The van der Waals surface area contributed by atoms with Crippen molar-refractivity contribution >= 4 is 6.29 Å². The van der Waals surface area contributed by atoms with Gasteiger partial charge in [0.2, 0.25) is 5.75 Å². The molecule has 4 nitrogen and oxygen atoms in total. The number of methoxy groups -OCH3 is 3. The van der Waals surface area contributed by atoms with Gasteiger partial charge in [-0.25, -0.2) is 0 Å². The van der Waals surface area contributed by atoms with Crippen molar-refractivity contribution in [2.24, 2.45) is 0 Å². The van der Waals surface area contributed by atoms with E-state index in [0.29, 0.717) is 30.1 Å². The summed E-state index contributed by atoms with van der Waals surface area (Å²) in [6.45, 7) is 0. The number of ether oxygens (including phenoxy) is 3. The minimum atomic E-state index is 0.464. The van der Waals surface area contributed by atoms with Crippen LogP contribution in [0, 0.1) is 0 Å². The molecule has 0 unspecified atom stereocenters. The first kappa shape index (κ1) is 12.4. The Morgan fingerprint density at radius 3 is 2.25 bits per heavy atom. The molecule has 0 aliphatic rings. The highest BCUT2D eigenvalue weighted by Crippen LogP contribution is 2.39. The van der Waals surface area contributed by atoms with Crippen LogP contribution in [0.2, 0.25) is 0 Å². The van der Waals surface area contributed by atoms with Gasteiger partial charge in [0.25, 0.3) is 0 Å². The Labute approximate surface area is 95.1 Å². The third-order valence-electron chi connectivity index (χ3n) is 2.32. The zero-order valence-corrected chi connectivity index (χ0v) is 9.78. The van der Waals surface area contributed by atoms with Crippen molar-refractivity contribution in [2.75, 3.05) is 21.3 Å². The fourth-order valence-corrected chi connectivity index (χ4v) is 1.57. The van der Waals surface area contributed by atoms with Gasteiger partial charge in [0.1, 0.15) is 6.29 Å². The third-order valence-corrected chi connectivity index (χ3v) is 2.32. The number of rotatable bonds is 6. The molecule has 1 aromatic rings. The molecule has 0 aliphatic carbocycles. The fraction of sp³-hybridized carbons (Fsp3) is 0.417. The van der Waals surface area contributed by atoms with Crippen molar-refractivity contribution in [3.63, 3.8) is 0 Å². The van der Waals surface area contributed by atoms with Crippen LogP contribution in [-0.4, -0.2) is 27.6 Å². The van der Waals surface area contributed by atoms with E-state index in [1.54, 1.807) is 21.3 Å². The smallest absolute Gasteiger partial charge is 0.203 e. The molecule has 0 heterocycles. The normalized spacial score (nSPS) is 9.69. The number of benzene rings is 1. The molecule has 4 heteroatoms. The summed E-state index contributed by atoms with van der Waals surface area (Å²) in [7, 11) is 4.70. The van der Waals surface area contributed by atoms with Gasteiger partial charge in [-0.1, -0.05) is 6.07 Å². The lowest BCUT2D eigenvalue weighted by atomic mass is 10.1. The second-order valence-electron chi connectivity index (χ2n) is 3.20. The number of carbonyl (C=O) groups excluding carboxylic acids is 1. The monoisotopic (exact) mass is 224 g/mol. The minimum Gasteiger partial charge on any atom is -0.493 e. The maximum absolute atomic E-state index is 10.4. The van der Waals surface area contributed by atoms with E-state index in [9.17, 15) is 4.79 Å². The Bertz CT molecular complexity index is 360. The standard InChI is InChI=1S/C12H16O4/c1-14-10-7-6-9(5-4-8-13)11(15-2)12(10)16-3/h6-8H,4-5H2,1-3H3. The first-order chi connectivity index (χ1) is 7.78. The summed E-state index contributed by atoms with van der Waals surface area (Å²) in [6.07, 6.45) is 1.98. The highest BCUT2D eigenvalue weighted by atomic mass is 16.5. The highest BCUT2D eigenvalue weighted by Gasteiger charge is 2.14. The molecular formula is C12H16O4. The van der Waals surface area contributed by atoms with Crippen LogP contribution in [-0.2, 0) is 11.2 Å². The van der Waals surface area contributed by atoms with Gasteiger partial charge < -0.3 is 19.0 Å². The Balaban J connectivity index is 3.14. The molecule has 0 aliphatic heterocycles. The lowest BCUT2D eigenvalue weighted by Gasteiger charge is -2.15. The zero-order chi connectivity index (χ0) is 12.0. The van der Waals surface area contributed by atoms with Gasteiger partial charge >= 0.3 is 0 Å². The highest BCUT2D eigenvalue weighted by molar-refractivity contribution is 5.57. The average Bonchev–Trinajstić information content (AvgIpc) is 2.34. The van der Waals surface area contributed by atoms with E-state index in [4.69, 9.17) is 14.2 Å². The van der Waals surface area contributed by atoms with Crippen LogP contribution in [0.4, 0.5) is 0 Å². The van der Waals surface area contributed by atoms with Gasteiger partial charge in [0, 0.05) is 6.42 Å². The molecule has 0 aromatic heterocycles. The molecule has 0 radical (unpaired) electrons. The molecule has 0 saturated heterocycles. The minimum absolute atomic E-state index is 0.464. The van der Waals surface area contributed by atoms with E-state index in [2.05, 4.69) is 0 Å². The average molecular weight is 224 g/mol. The van der Waals surface area contributed by atoms with Gasteiger partial charge in [0.15, 0.2) is 11.5 Å². The lowest BCUT2D eigenvalue weighted by Crippen LogP contribution is -1.99. The van der Waals surface area contributed by atoms with E-state index >= 15 is 0 Å². The van der Waals surface area contributed by atoms with Crippen LogP contribution in [0.3, 0.4) is 0 Å². The van der Waals surface area contributed by atoms with Crippen molar-refractivity contribution < 1.29 is 19.0 Å². The molecule has 0 atom stereocenters. The van der Waals surface area contributed by atoms with Crippen molar-refractivity contribution in [1.29, 1.82) is 0 Å². The van der Waals surface area contributed by atoms with Crippen molar-refractivity contribution in [2.45, 2.75) is 12.8 Å². The maximum Gasteiger partial charge on any atom is 0.203 e. The van der Waals surface area contributed by atoms with E-state index < -0.39 is 0 Å². The molecule has 88 valence electrons. The van der Waals surface area contributed by atoms with Crippen molar-refractivity contribution in [3.8, 4) is 17.2 Å². The molecule has 0 spiro atoms. The molecule has 0 N–H and O–H groups in total. The summed E-state index contributed by atoms with van der Waals surface area (Å²) < 4.78 is 15.7. The van der Waals surface area contributed by atoms with E-state index in [1.807, 2.05) is 12.1 Å². The summed E-state index contributed by atoms with van der Waals surface area (Å²) >= 11 is 0. The maximum atomic E-state index is 10.4.